The summed E-state index contributed by atoms with van der Waals surface area (Å²) >= 11 is 0. The minimum Gasteiger partial charge on any atom is -0.508 e. The van der Waals surface area contributed by atoms with Gasteiger partial charge in [0.1, 0.15) is 11.5 Å². The number of carbonyl (C=O) groups is 1. The summed E-state index contributed by atoms with van der Waals surface area (Å²) in [7, 11) is 0. The zero-order chi connectivity index (χ0) is 22.1. The molecule has 0 aromatic heterocycles. The molecule has 1 saturated carbocycles. The Morgan fingerprint density at radius 2 is 1.57 bits per heavy atom. The first-order chi connectivity index (χ1) is 14.0. The van der Waals surface area contributed by atoms with Crippen LogP contribution in [-0.4, -0.2) is 21.8 Å². The average molecular weight is 409 g/mol. The van der Waals surface area contributed by atoms with Gasteiger partial charge in [0.05, 0.1) is 0 Å². The maximum absolute atomic E-state index is 11.4. The summed E-state index contributed by atoms with van der Waals surface area (Å²) in [5, 5.41) is 19.1. The number of hydrogen-bond donors (Lipinski definition) is 2. The van der Waals surface area contributed by atoms with E-state index in [0.717, 1.165) is 24.0 Å². The zero-order valence-electron chi connectivity index (χ0n) is 18.5. The molecule has 0 saturated heterocycles. The van der Waals surface area contributed by atoms with Gasteiger partial charge in [-0.2, -0.15) is 0 Å². The number of ether oxygens (including phenoxy) is 1. The summed E-state index contributed by atoms with van der Waals surface area (Å²) in [6.45, 7) is 10.0. The van der Waals surface area contributed by atoms with Crippen molar-refractivity contribution in [2.45, 2.75) is 59.5 Å². The summed E-state index contributed by atoms with van der Waals surface area (Å²) in [5.74, 6) is 0.380. The molecule has 30 heavy (non-hydrogen) atoms. The van der Waals surface area contributed by atoms with E-state index in [2.05, 4.69) is 20.8 Å². The number of allylic oxidation sites excluding steroid dienone is 1. The monoisotopic (exact) mass is 408 g/mol. The lowest BCUT2D eigenvalue weighted by Crippen LogP contribution is -2.37. The van der Waals surface area contributed by atoms with Crippen molar-refractivity contribution in [3.8, 4) is 11.5 Å². The van der Waals surface area contributed by atoms with Crippen LogP contribution in [0.15, 0.2) is 54.1 Å². The number of rotatable bonds is 5. The molecule has 1 atom stereocenters. The molecule has 0 spiro atoms. The van der Waals surface area contributed by atoms with Crippen molar-refractivity contribution in [1.82, 2.24) is 0 Å². The Bertz CT molecular complexity index is 934. The first kappa shape index (κ1) is 21.9. The van der Waals surface area contributed by atoms with E-state index in [1.54, 1.807) is 26.0 Å². The predicted molar refractivity (Wildman–Crippen MR) is 120 cm³/mol. The SMILES string of the molecule is CC1C/C(=C(/c2ccc(O)cc2)c2ccc(OC(C)(C)C(=O)O)cc2)CC(C)(C)C1. The molecule has 3 rings (SSSR count). The third-order valence-electron chi connectivity index (χ3n) is 5.73. The van der Waals surface area contributed by atoms with Crippen LogP contribution in [0.1, 0.15) is 65.0 Å². The summed E-state index contributed by atoms with van der Waals surface area (Å²) in [4.78, 5) is 11.4. The fourth-order valence-electron chi connectivity index (χ4n) is 4.58. The van der Waals surface area contributed by atoms with Crippen LogP contribution < -0.4 is 4.74 Å². The van der Waals surface area contributed by atoms with Crippen molar-refractivity contribution in [1.29, 1.82) is 0 Å². The summed E-state index contributed by atoms with van der Waals surface area (Å²) in [6, 6.07) is 15.0. The second-order valence-corrected chi connectivity index (χ2v) is 9.82. The van der Waals surface area contributed by atoms with Gasteiger partial charge >= 0.3 is 5.97 Å². The molecule has 4 nitrogen and oxygen atoms in total. The van der Waals surface area contributed by atoms with Crippen molar-refractivity contribution in [3.05, 3.63) is 65.2 Å². The van der Waals surface area contributed by atoms with Crippen LogP contribution >= 0.6 is 0 Å². The van der Waals surface area contributed by atoms with Gasteiger partial charge in [0.25, 0.3) is 0 Å². The van der Waals surface area contributed by atoms with Gasteiger partial charge in [0.15, 0.2) is 5.60 Å². The fraction of sp³-hybridized carbons (Fsp3) is 0.423. The molecule has 1 aliphatic carbocycles. The third kappa shape index (κ3) is 5.05. The number of benzene rings is 2. The molecular formula is C26H32O4. The number of carboxylic acids is 1. The predicted octanol–water partition coefficient (Wildman–Crippen LogP) is 6.28. The first-order valence-electron chi connectivity index (χ1n) is 10.5. The van der Waals surface area contributed by atoms with Crippen LogP contribution in [0, 0.1) is 11.3 Å². The van der Waals surface area contributed by atoms with Crippen LogP contribution in [0.5, 0.6) is 11.5 Å². The number of phenols is 1. The zero-order valence-corrected chi connectivity index (χ0v) is 18.5. The number of hydrogen-bond acceptors (Lipinski definition) is 3. The molecule has 0 amide bonds. The third-order valence-corrected chi connectivity index (χ3v) is 5.73. The van der Waals surface area contributed by atoms with E-state index in [-0.39, 0.29) is 11.2 Å². The van der Waals surface area contributed by atoms with Gasteiger partial charge in [-0.3, -0.25) is 0 Å². The molecule has 2 aromatic rings. The van der Waals surface area contributed by atoms with Crippen molar-refractivity contribution in [2.75, 3.05) is 0 Å². The van der Waals surface area contributed by atoms with Gasteiger partial charge in [-0.25, -0.2) is 4.79 Å². The molecule has 160 valence electrons. The van der Waals surface area contributed by atoms with Crippen LogP contribution in [0.2, 0.25) is 0 Å². The molecule has 0 aliphatic heterocycles. The van der Waals surface area contributed by atoms with Crippen LogP contribution in [0.4, 0.5) is 0 Å². The van der Waals surface area contributed by atoms with E-state index in [9.17, 15) is 15.0 Å². The molecule has 1 fully saturated rings. The van der Waals surface area contributed by atoms with E-state index in [4.69, 9.17) is 4.74 Å². The van der Waals surface area contributed by atoms with Crippen LogP contribution in [0.3, 0.4) is 0 Å². The Kier molecular flexibility index (Phi) is 5.98. The summed E-state index contributed by atoms with van der Waals surface area (Å²) < 4.78 is 5.67. The highest BCUT2D eigenvalue weighted by atomic mass is 16.5. The molecule has 2 N–H and O–H groups in total. The van der Waals surface area contributed by atoms with Crippen molar-refractivity contribution >= 4 is 11.5 Å². The Labute approximate surface area is 179 Å². The van der Waals surface area contributed by atoms with Crippen molar-refractivity contribution < 1.29 is 19.7 Å². The molecule has 2 aromatic carbocycles. The topological polar surface area (TPSA) is 66.8 Å². The van der Waals surface area contributed by atoms with E-state index in [1.807, 2.05) is 36.4 Å². The van der Waals surface area contributed by atoms with E-state index in [1.165, 1.54) is 17.6 Å². The van der Waals surface area contributed by atoms with Gasteiger partial charge < -0.3 is 14.9 Å². The molecule has 1 unspecified atom stereocenters. The molecule has 1 aliphatic rings. The lowest BCUT2D eigenvalue weighted by molar-refractivity contribution is -0.152. The van der Waals surface area contributed by atoms with Gasteiger partial charge in [0.2, 0.25) is 0 Å². The minimum atomic E-state index is -1.29. The smallest absolute Gasteiger partial charge is 0.347 e. The number of phenolic OH excluding ortho intramolecular Hbond substituents is 1. The Morgan fingerprint density at radius 3 is 2.07 bits per heavy atom. The molecular weight excluding hydrogens is 376 g/mol. The van der Waals surface area contributed by atoms with Gasteiger partial charge in [-0.05, 0) is 85.4 Å². The van der Waals surface area contributed by atoms with E-state index >= 15 is 0 Å². The highest BCUT2D eigenvalue weighted by Gasteiger charge is 2.31. The molecule has 0 heterocycles. The van der Waals surface area contributed by atoms with E-state index in [0.29, 0.717) is 11.7 Å². The second-order valence-electron chi connectivity index (χ2n) is 9.82. The quantitative estimate of drug-likeness (QED) is 0.611. The minimum absolute atomic E-state index is 0.240. The first-order valence-corrected chi connectivity index (χ1v) is 10.5. The van der Waals surface area contributed by atoms with E-state index < -0.39 is 11.6 Å². The average Bonchev–Trinajstić information content (AvgIpc) is 2.63. The largest absolute Gasteiger partial charge is 0.508 e. The van der Waals surface area contributed by atoms with Crippen molar-refractivity contribution in [3.63, 3.8) is 0 Å². The molecule has 4 heteroatoms. The maximum atomic E-state index is 11.4. The van der Waals surface area contributed by atoms with Gasteiger partial charge in [-0.1, -0.05) is 50.6 Å². The number of carboxylic acid groups (broad SMARTS) is 1. The summed E-state index contributed by atoms with van der Waals surface area (Å²) in [5.41, 5.74) is 3.71. The highest BCUT2D eigenvalue weighted by Crippen LogP contribution is 2.45. The fourth-order valence-corrected chi connectivity index (χ4v) is 4.58. The molecule has 0 radical (unpaired) electrons. The normalized spacial score (nSPS) is 20.5. The van der Waals surface area contributed by atoms with Gasteiger partial charge in [-0.15, -0.1) is 0 Å². The number of aliphatic carboxylic acids is 1. The van der Waals surface area contributed by atoms with Crippen molar-refractivity contribution in [2.24, 2.45) is 11.3 Å². The Morgan fingerprint density at radius 1 is 1.03 bits per heavy atom. The number of aromatic hydroxyl groups is 1. The second kappa shape index (κ2) is 8.17. The van der Waals surface area contributed by atoms with Gasteiger partial charge in [0, 0.05) is 0 Å². The summed E-state index contributed by atoms with van der Waals surface area (Å²) in [6.07, 6.45) is 3.28. The van der Waals surface area contributed by atoms with Crippen LogP contribution in [0.25, 0.3) is 5.57 Å². The maximum Gasteiger partial charge on any atom is 0.347 e. The lowest BCUT2D eigenvalue weighted by Gasteiger charge is -2.37. The Hall–Kier alpha value is -2.75. The highest BCUT2D eigenvalue weighted by molar-refractivity contribution is 5.83. The standard InChI is InChI=1S/C26H32O4/c1-17-14-20(16-25(2,3)15-17)23(18-6-10-21(27)11-7-18)19-8-12-22(13-9-19)30-26(4,5)24(28)29/h6-13,17,27H,14-16H2,1-5H3,(H,28,29)/b23-20+. The Balaban J connectivity index is 2.04. The molecule has 0 bridgehead atoms. The van der Waals surface area contributed by atoms with Crippen LogP contribution in [-0.2, 0) is 4.79 Å². The lowest BCUT2D eigenvalue weighted by atomic mass is 9.68.